The predicted octanol–water partition coefficient (Wildman–Crippen LogP) is 3.21. The van der Waals surface area contributed by atoms with E-state index in [4.69, 9.17) is 4.74 Å². The van der Waals surface area contributed by atoms with E-state index in [1.165, 1.54) is 10.4 Å². The highest BCUT2D eigenvalue weighted by Crippen LogP contribution is 2.27. The molecule has 0 aliphatic carbocycles. The second kappa shape index (κ2) is 5.89. The lowest BCUT2D eigenvalue weighted by molar-refractivity contribution is 0.277. The predicted molar refractivity (Wildman–Crippen MR) is 75.5 cm³/mol. The molecule has 2 N–H and O–H groups in total. The summed E-state index contributed by atoms with van der Waals surface area (Å²) in [6.07, 6.45) is 0. The lowest BCUT2D eigenvalue weighted by Crippen LogP contribution is -2.14. The summed E-state index contributed by atoms with van der Waals surface area (Å²) in [5, 5.41) is 14.9. The second-order valence-corrected chi connectivity index (χ2v) is 5.02. The third kappa shape index (κ3) is 2.83. The summed E-state index contributed by atoms with van der Waals surface area (Å²) in [5.74, 6) is 0.827. The van der Waals surface area contributed by atoms with Crippen molar-refractivity contribution < 1.29 is 9.84 Å². The Bertz CT molecular complexity index is 493. The molecule has 0 aliphatic rings. The Labute approximate surface area is 111 Å². The fourth-order valence-corrected chi connectivity index (χ4v) is 2.79. The van der Waals surface area contributed by atoms with Crippen LogP contribution in [0.5, 0.6) is 5.75 Å². The average Bonchev–Trinajstić information content (AvgIpc) is 2.83. The van der Waals surface area contributed by atoms with Gasteiger partial charge in [0.05, 0.1) is 19.8 Å². The molecule has 0 spiro atoms. The number of ether oxygens (including phenoxy) is 1. The summed E-state index contributed by atoms with van der Waals surface area (Å²) in [6, 6.07) is 9.71. The highest BCUT2D eigenvalue weighted by Gasteiger charge is 2.13. The summed E-state index contributed by atoms with van der Waals surface area (Å²) in [4.78, 5) is 1.17. The monoisotopic (exact) mass is 263 g/mol. The van der Waals surface area contributed by atoms with E-state index in [0.29, 0.717) is 0 Å². The van der Waals surface area contributed by atoms with Gasteiger partial charge in [0.1, 0.15) is 5.75 Å². The number of hydrogen-bond donors (Lipinski definition) is 2. The van der Waals surface area contributed by atoms with E-state index in [9.17, 15) is 5.11 Å². The Hall–Kier alpha value is -1.52. The summed E-state index contributed by atoms with van der Waals surface area (Å²) in [5.41, 5.74) is 2.18. The molecule has 1 aromatic heterocycles. The van der Waals surface area contributed by atoms with Crippen LogP contribution in [-0.4, -0.2) is 18.8 Å². The first-order chi connectivity index (χ1) is 8.74. The number of nitrogens with one attached hydrogen (secondary N) is 1. The third-order valence-corrected chi connectivity index (χ3v) is 3.96. The van der Waals surface area contributed by atoms with E-state index >= 15 is 0 Å². The maximum absolute atomic E-state index is 9.50. The van der Waals surface area contributed by atoms with Gasteiger partial charge in [-0.2, -0.15) is 0 Å². The topological polar surface area (TPSA) is 41.5 Å². The van der Waals surface area contributed by atoms with Gasteiger partial charge >= 0.3 is 0 Å². The van der Waals surface area contributed by atoms with E-state index in [0.717, 1.165) is 11.4 Å². The van der Waals surface area contributed by atoms with Crippen LogP contribution in [0.15, 0.2) is 35.7 Å². The Morgan fingerprint density at radius 2 is 2.00 bits per heavy atom. The molecule has 0 bridgehead atoms. The SMILES string of the molecule is COc1ccc(NC(CO)c2sccc2C)cc1. The zero-order chi connectivity index (χ0) is 13.0. The number of benzene rings is 1. The first-order valence-electron chi connectivity index (χ1n) is 5.80. The van der Waals surface area contributed by atoms with Gasteiger partial charge in [-0.25, -0.2) is 0 Å². The molecule has 18 heavy (non-hydrogen) atoms. The van der Waals surface area contributed by atoms with Crippen molar-refractivity contribution in [3.05, 3.63) is 46.2 Å². The van der Waals surface area contributed by atoms with Crippen molar-refractivity contribution in [2.24, 2.45) is 0 Å². The van der Waals surface area contributed by atoms with Crippen LogP contribution in [-0.2, 0) is 0 Å². The van der Waals surface area contributed by atoms with Gasteiger partial charge in [-0.3, -0.25) is 0 Å². The van der Waals surface area contributed by atoms with E-state index < -0.39 is 0 Å². The molecule has 1 heterocycles. The molecule has 3 nitrogen and oxygen atoms in total. The van der Waals surface area contributed by atoms with Crippen LogP contribution < -0.4 is 10.1 Å². The van der Waals surface area contributed by atoms with Crippen LogP contribution in [0.3, 0.4) is 0 Å². The normalized spacial score (nSPS) is 12.2. The summed E-state index contributed by atoms with van der Waals surface area (Å²) >= 11 is 1.66. The van der Waals surface area contributed by atoms with Crippen LogP contribution in [0.4, 0.5) is 5.69 Å². The number of aliphatic hydroxyl groups is 1. The number of hydrogen-bond acceptors (Lipinski definition) is 4. The number of aryl methyl sites for hydroxylation is 1. The van der Waals surface area contributed by atoms with Gasteiger partial charge in [-0.05, 0) is 48.2 Å². The fourth-order valence-electron chi connectivity index (χ4n) is 1.82. The molecule has 0 aliphatic heterocycles. The molecule has 0 amide bonds. The zero-order valence-electron chi connectivity index (χ0n) is 10.5. The van der Waals surface area contributed by atoms with Gasteiger partial charge in [0.25, 0.3) is 0 Å². The molecule has 0 saturated carbocycles. The van der Waals surface area contributed by atoms with Crippen LogP contribution in [0, 0.1) is 6.92 Å². The molecule has 4 heteroatoms. The first kappa shape index (κ1) is 12.9. The Morgan fingerprint density at radius 1 is 1.28 bits per heavy atom. The first-order valence-corrected chi connectivity index (χ1v) is 6.68. The van der Waals surface area contributed by atoms with Crippen molar-refractivity contribution in [2.75, 3.05) is 19.0 Å². The molecule has 2 rings (SSSR count). The van der Waals surface area contributed by atoms with Crippen molar-refractivity contribution in [1.82, 2.24) is 0 Å². The fraction of sp³-hybridized carbons (Fsp3) is 0.286. The summed E-state index contributed by atoms with van der Waals surface area (Å²) < 4.78 is 5.12. The average molecular weight is 263 g/mol. The smallest absolute Gasteiger partial charge is 0.119 e. The lowest BCUT2D eigenvalue weighted by Gasteiger charge is -2.17. The Balaban J connectivity index is 2.13. The summed E-state index contributed by atoms with van der Waals surface area (Å²) in [7, 11) is 1.65. The van der Waals surface area contributed by atoms with Crippen molar-refractivity contribution in [1.29, 1.82) is 0 Å². The molecular weight excluding hydrogens is 246 g/mol. The molecule has 0 radical (unpaired) electrons. The van der Waals surface area contributed by atoms with Gasteiger partial charge in [0.15, 0.2) is 0 Å². The second-order valence-electron chi connectivity index (χ2n) is 4.08. The number of methoxy groups -OCH3 is 1. The maximum Gasteiger partial charge on any atom is 0.119 e. The quantitative estimate of drug-likeness (QED) is 0.870. The standard InChI is InChI=1S/C14H17NO2S/c1-10-7-8-18-14(10)13(9-16)15-11-3-5-12(17-2)6-4-11/h3-8,13,15-16H,9H2,1-2H3. The molecule has 0 fully saturated rings. The van der Waals surface area contributed by atoms with Crippen molar-refractivity contribution >= 4 is 17.0 Å². The number of aliphatic hydroxyl groups excluding tert-OH is 1. The maximum atomic E-state index is 9.50. The van der Waals surface area contributed by atoms with Gasteiger partial charge in [0, 0.05) is 10.6 Å². The molecule has 0 saturated heterocycles. The number of rotatable bonds is 5. The van der Waals surface area contributed by atoms with Crippen molar-refractivity contribution in [3.8, 4) is 5.75 Å². The third-order valence-electron chi connectivity index (χ3n) is 2.83. The highest BCUT2D eigenvalue weighted by atomic mass is 32.1. The lowest BCUT2D eigenvalue weighted by atomic mass is 10.1. The highest BCUT2D eigenvalue weighted by molar-refractivity contribution is 7.10. The number of anilines is 1. The molecule has 2 aromatic rings. The van der Waals surface area contributed by atoms with Crippen molar-refractivity contribution in [2.45, 2.75) is 13.0 Å². The van der Waals surface area contributed by atoms with Crippen LogP contribution >= 0.6 is 11.3 Å². The van der Waals surface area contributed by atoms with Gasteiger partial charge in [-0.15, -0.1) is 11.3 Å². The summed E-state index contributed by atoms with van der Waals surface area (Å²) in [6.45, 7) is 2.14. The van der Waals surface area contributed by atoms with Gasteiger partial charge < -0.3 is 15.2 Å². The Kier molecular flexibility index (Phi) is 4.23. The van der Waals surface area contributed by atoms with E-state index in [2.05, 4.69) is 18.3 Å². The van der Waals surface area contributed by atoms with Crippen LogP contribution in [0.1, 0.15) is 16.5 Å². The molecular formula is C14H17NO2S. The minimum atomic E-state index is -0.0570. The zero-order valence-corrected chi connectivity index (χ0v) is 11.3. The van der Waals surface area contributed by atoms with E-state index in [1.54, 1.807) is 18.4 Å². The van der Waals surface area contributed by atoms with Crippen LogP contribution in [0.2, 0.25) is 0 Å². The minimum absolute atomic E-state index is 0.0570. The van der Waals surface area contributed by atoms with E-state index in [1.807, 2.05) is 29.6 Å². The molecule has 1 atom stereocenters. The minimum Gasteiger partial charge on any atom is -0.497 e. The number of thiophene rings is 1. The van der Waals surface area contributed by atoms with Crippen molar-refractivity contribution in [3.63, 3.8) is 0 Å². The molecule has 96 valence electrons. The molecule has 1 aromatic carbocycles. The Morgan fingerprint density at radius 3 is 2.50 bits per heavy atom. The van der Waals surface area contributed by atoms with Gasteiger partial charge in [0.2, 0.25) is 0 Å². The van der Waals surface area contributed by atoms with Gasteiger partial charge in [-0.1, -0.05) is 0 Å². The van der Waals surface area contributed by atoms with Crippen LogP contribution in [0.25, 0.3) is 0 Å². The molecule has 1 unspecified atom stereocenters. The van der Waals surface area contributed by atoms with E-state index in [-0.39, 0.29) is 12.6 Å². The largest absolute Gasteiger partial charge is 0.497 e.